The van der Waals surface area contributed by atoms with Gasteiger partial charge >= 0.3 is 5.97 Å². The van der Waals surface area contributed by atoms with Crippen molar-refractivity contribution in [2.45, 2.75) is 24.4 Å². The summed E-state index contributed by atoms with van der Waals surface area (Å²) in [6.07, 6.45) is 1.73. The molecule has 0 radical (unpaired) electrons. The van der Waals surface area contributed by atoms with Gasteiger partial charge in [0.25, 0.3) is 0 Å². The van der Waals surface area contributed by atoms with Crippen LogP contribution in [0.15, 0.2) is 27.8 Å². The van der Waals surface area contributed by atoms with Crippen molar-refractivity contribution in [1.29, 1.82) is 0 Å². The standard InChI is InChI=1S/C12H17BrN2O2S/c1-4-15-12(2,11(16)17-3)8-18-10-9(13)6-5-7-14-10/h5-7,15H,4,8H2,1-3H3. The van der Waals surface area contributed by atoms with Crippen LogP contribution in [0.2, 0.25) is 0 Å². The van der Waals surface area contributed by atoms with Crippen molar-refractivity contribution in [2.24, 2.45) is 0 Å². The molecule has 1 unspecified atom stereocenters. The summed E-state index contributed by atoms with van der Waals surface area (Å²) in [5.41, 5.74) is -0.703. The Morgan fingerprint density at radius 3 is 2.94 bits per heavy atom. The van der Waals surface area contributed by atoms with Gasteiger partial charge in [-0.2, -0.15) is 0 Å². The normalized spacial score (nSPS) is 14.0. The lowest BCUT2D eigenvalue weighted by Gasteiger charge is -2.26. The molecule has 0 saturated carbocycles. The Balaban J connectivity index is 2.74. The van der Waals surface area contributed by atoms with Crippen molar-refractivity contribution in [2.75, 3.05) is 19.4 Å². The third-order valence-electron chi connectivity index (χ3n) is 2.43. The number of nitrogens with zero attached hydrogens (tertiary/aromatic N) is 1. The van der Waals surface area contributed by atoms with Gasteiger partial charge in [-0.25, -0.2) is 4.98 Å². The molecular weight excluding hydrogens is 316 g/mol. The van der Waals surface area contributed by atoms with Crippen molar-refractivity contribution in [1.82, 2.24) is 10.3 Å². The van der Waals surface area contributed by atoms with Gasteiger partial charge < -0.3 is 10.1 Å². The van der Waals surface area contributed by atoms with Crippen LogP contribution in [0, 0.1) is 0 Å². The molecule has 0 amide bonds. The first-order valence-corrected chi connectivity index (χ1v) is 7.38. The summed E-state index contributed by atoms with van der Waals surface area (Å²) in [5.74, 6) is 0.298. The highest BCUT2D eigenvalue weighted by Crippen LogP contribution is 2.27. The topological polar surface area (TPSA) is 51.2 Å². The number of esters is 1. The van der Waals surface area contributed by atoms with Crippen LogP contribution in [0.5, 0.6) is 0 Å². The smallest absolute Gasteiger partial charge is 0.326 e. The molecule has 0 spiro atoms. The predicted molar refractivity (Wildman–Crippen MR) is 76.8 cm³/mol. The number of pyridine rings is 1. The van der Waals surface area contributed by atoms with Crippen LogP contribution in [0.4, 0.5) is 0 Å². The van der Waals surface area contributed by atoms with Gasteiger partial charge in [0.15, 0.2) is 0 Å². The summed E-state index contributed by atoms with van der Waals surface area (Å²) in [6, 6.07) is 3.79. The van der Waals surface area contributed by atoms with Gasteiger partial charge in [0, 0.05) is 16.4 Å². The number of likely N-dealkylation sites (N-methyl/N-ethyl adjacent to an activating group) is 1. The van der Waals surface area contributed by atoms with E-state index in [1.54, 1.807) is 6.20 Å². The fourth-order valence-corrected chi connectivity index (χ4v) is 3.07. The maximum Gasteiger partial charge on any atom is 0.326 e. The van der Waals surface area contributed by atoms with Gasteiger partial charge in [0.2, 0.25) is 0 Å². The third-order valence-corrected chi connectivity index (χ3v) is 4.65. The Morgan fingerprint density at radius 1 is 1.67 bits per heavy atom. The molecule has 0 fully saturated rings. The Kier molecular flexibility index (Phi) is 6.11. The molecule has 6 heteroatoms. The van der Waals surface area contributed by atoms with Crippen molar-refractivity contribution in [3.05, 3.63) is 22.8 Å². The van der Waals surface area contributed by atoms with E-state index >= 15 is 0 Å². The number of thioether (sulfide) groups is 1. The number of hydrogen-bond acceptors (Lipinski definition) is 5. The average Bonchev–Trinajstić information content (AvgIpc) is 2.37. The number of halogens is 1. The molecule has 1 aromatic heterocycles. The van der Waals surface area contributed by atoms with E-state index < -0.39 is 5.54 Å². The zero-order chi connectivity index (χ0) is 13.6. The van der Waals surface area contributed by atoms with Crippen LogP contribution < -0.4 is 5.32 Å². The van der Waals surface area contributed by atoms with Gasteiger partial charge in [-0.1, -0.05) is 6.92 Å². The van der Waals surface area contributed by atoms with Gasteiger partial charge in [0.1, 0.15) is 10.6 Å². The maximum atomic E-state index is 11.8. The summed E-state index contributed by atoms with van der Waals surface area (Å²) in [5, 5.41) is 4.03. The molecule has 1 atom stereocenters. The average molecular weight is 333 g/mol. The van der Waals surface area contributed by atoms with Gasteiger partial charge in [-0.15, -0.1) is 11.8 Å². The number of carbonyl (C=O) groups is 1. The molecule has 0 bridgehead atoms. The van der Waals surface area contributed by atoms with E-state index in [2.05, 4.69) is 26.2 Å². The number of hydrogen-bond donors (Lipinski definition) is 1. The number of ether oxygens (including phenoxy) is 1. The van der Waals surface area contributed by atoms with Crippen LogP contribution in [-0.2, 0) is 9.53 Å². The van der Waals surface area contributed by atoms with Crippen LogP contribution in [0.1, 0.15) is 13.8 Å². The Morgan fingerprint density at radius 2 is 2.39 bits per heavy atom. The minimum absolute atomic E-state index is 0.260. The summed E-state index contributed by atoms with van der Waals surface area (Å²) >= 11 is 4.95. The second-order valence-electron chi connectivity index (χ2n) is 3.93. The first-order valence-electron chi connectivity index (χ1n) is 5.60. The van der Waals surface area contributed by atoms with E-state index in [1.807, 2.05) is 26.0 Å². The number of carbonyl (C=O) groups excluding carboxylic acids is 1. The molecule has 0 aliphatic rings. The van der Waals surface area contributed by atoms with Crippen LogP contribution in [0.3, 0.4) is 0 Å². The minimum atomic E-state index is -0.703. The summed E-state index contributed by atoms with van der Waals surface area (Å²) in [6.45, 7) is 4.50. The maximum absolute atomic E-state index is 11.8. The highest BCUT2D eigenvalue weighted by Gasteiger charge is 2.33. The fraction of sp³-hybridized carbons (Fsp3) is 0.500. The highest BCUT2D eigenvalue weighted by molar-refractivity contribution is 9.10. The molecule has 1 N–H and O–H groups in total. The number of nitrogens with one attached hydrogen (secondary N) is 1. The lowest BCUT2D eigenvalue weighted by molar-refractivity contribution is -0.146. The quantitative estimate of drug-likeness (QED) is 0.640. The zero-order valence-electron chi connectivity index (χ0n) is 10.7. The molecule has 4 nitrogen and oxygen atoms in total. The lowest BCUT2D eigenvalue weighted by Crippen LogP contribution is -2.52. The zero-order valence-corrected chi connectivity index (χ0v) is 13.1. The van der Waals surface area contributed by atoms with Crippen molar-refractivity contribution in [3.8, 4) is 0 Å². The lowest BCUT2D eigenvalue weighted by atomic mass is 10.1. The van der Waals surface area contributed by atoms with Gasteiger partial charge in [0.05, 0.1) is 7.11 Å². The van der Waals surface area contributed by atoms with Crippen LogP contribution >= 0.6 is 27.7 Å². The Bertz CT molecular complexity index is 417. The molecule has 18 heavy (non-hydrogen) atoms. The van der Waals surface area contributed by atoms with Crippen LogP contribution in [-0.4, -0.2) is 35.9 Å². The molecule has 0 aromatic carbocycles. The van der Waals surface area contributed by atoms with E-state index in [9.17, 15) is 4.79 Å². The van der Waals surface area contributed by atoms with E-state index in [0.29, 0.717) is 12.3 Å². The molecule has 1 rings (SSSR count). The summed E-state index contributed by atoms with van der Waals surface area (Å²) < 4.78 is 5.77. The third kappa shape index (κ3) is 3.96. The van der Waals surface area contributed by atoms with Crippen molar-refractivity contribution >= 4 is 33.7 Å². The predicted octanol–water partition coefficient (Wildman–Crippen LogP) is 2.48. The minimum Gasteiger partial charge on any atom is -0.468 e. The summed E-state index contributed by atoms with van der Waals surface area (Å²) in [7, 11) is 1.40. The molecule has 1 heterocycles. The van der Waals surface area contributed by atoms with Crippen LogP contribution in [0.25, 0.3) is 0 Å². The van der Waals surface area contributed by atoms with E-state index in [-0.39, 0.29) is 5.97 Å². The fourth-order valence-electron chi connectivity index (χ4n) is 1.49. The Hall–Kier alpha value is -0.590. The number of aromatic nitrogens is 1. The second kappa shape index (κ2) is 7.11. The highest BCUT2D eigenvalue weighted by atomic mass is 79.9. The van der Waals surface area contributed by atoms with E-state index in [4.69, 9.17) is 4.74 Å². The molecular formula is C12H17BrN2O2S. The molecule has 1 aromatic rings. The van der Waals surface area contributed by atoms with Crippen molar-refractivity contribution in [3.63, 3.8) is 0 Å². The summed E-state index contributed by atoms with van der Waals surface area (Å²) in [4.78, 5) is 16.1. The SMILES string of the molecule is CCNC(C)(CSc1ncccc1Br)C(=O)OC. The number of rotatable bonds is 6. The van der Waals surface area contributed by atoms with E-state index in [1.165, 1.54) is 18.9 Å². The second-order valence-corrected chi connectivity index (χ2v) is 5.75. The largest absolute Gasteiger partial charge is 0.468 e. The van der Waals surface area contributed by atoms with Gasteiger partial charge in [-0.05, 0) is 41.5 Å². The van der Waals surface area contributed by atoms with E-state index in [0.717, 1.165) is 9.50 Å². The molecule has 0 aliphatic heterocycles. The van der Waals surface area contributed by atoms with Crippen molar-refractivity contribution < 1.29 is 9.53 Å². The first kappa shape index (κ1) is 15.5. The number of methoxy groups -OCH3 is 1. The monoisotopic (exact) mass is 332 g/mol. The molecule has 0 saturated heterocycles. The molecule has 100 valence electrons. The first-order chi connectivity index (χ1) is 8.53. The van der Waals surface area contributed by atoms with Gasteiger partial charge in [-0.3, -0.25) is 4.79 Å². The molecule has 0 aliphatic carbocycles. The Labute approximate surface area is 120 Å².